The summed E-state index contributed by atoms with van der Waals surface area (Å²) >= 11 is 0. The van der Waals surface area contributed by atoms with Crippen molar-refractivity contribution in [3.05, 3.63) is 12.7 Å². The third-order valence-electron chi connectivity index (χ3n) is 1.83. The van der Waals surface area contributed by atoms with Crippen molar-refractivity contribution in [3.63, 3.8) is 0 Å². The Labute approximate surface area is 70.4 Å². The molecule has 4 heteroatoms. The number of esters is 2. The molecular formula is C8H11NO3. The summed E-state index contributed by atoms with van der Waals surface area (Å²) in [5, 5.41) is 0. The molecule has 1 fully saturated rings. The Morgan fingerprint density at radius 3 is 2.83 bits per heavy atom. The van der Waals surface area contributed by atoms with E-state index in [9.17, 15) is 9.59 Å². The van der Waals surface area contributed by atoms with Gasteiger partial charge >= 0.3 is 11.9 Å². The molecule has 0 saturated carbocycles. The highest BCUT2D eigenvalue weighted by molar-refractivity contribution is 5.92. The second kappa shape index (κ2) is 3.49. The smallest absolute Gasteiger partial charge is 0.330 e. The summed E-state index contributed by atoms with van der Waals surface area (Å²) in [5.74, 6) is -1.41. The summed E-state index contributed by atoms with van der Waals surface area (Å²) in [6.07, 6.45) is 2.50. The molecule has 2 N–H and O–H groups in total. The normalized spacial score (nSPS) is 29.8. The molecule has 1 saturated heterocycles. The van der Waals surface area contributed by atoms with Crippen molar-refractivity contribution in [2.45, 2.75) is 18.9 Å². The van der Waals surface area contributed by atoms with Gasteiger partial charge in [-0.05, 0) is 12.8 Å². The van der Waals surface area contributed by atoms with Crippen LogP contribution in [0.2, 0.25) is 0 Å². The largest absolute Gasteiger partial charge is 0.392 e. The first-order chi connectivity index (χ1) is 5.65. The van der Waals surface area contributed by atoms with E-state index >= 15 is 0 Å². The Kier molecular flexibility index (Phi) is 2.60. The minimum absolute atomic E-state index is 0.296. The van der Waals surface area contributed by atoms with Crippen LogP contribution in [0.15, 0.2) is 12.7 Å². The highest BCUT2D eigenvalue weighted by Gasteiger charge is 2.33. The molecule has 0 aromatic heterocycles. The Balaban J connectivity index is 2.61. The maximum atomic E-state index is 11.0. The molecule has 1 rings (SSSR count). The number of ether oxygens (including phenoxy) is 1. The van der Waals surface area contributed by atoms with Gasteiger partial charge in [0.2, 0.25) is 0 Å². The summed E-state index contributed by atoms with van der Waals surface area (Å²) < 4.78 is 4.41. The van der Waals surface area contributed by atoms with Crippen LogP contribution in [-0.4, -0.2) is 18.0 Å². The Hall–Kier alpha value is -1.16. The van der Waals surface area contributed by atoms with Crippen molar-refractivity contribution < 1.29 is 14.3 Å². The van der Waals surface area contributed by atoms with Gasteiger partial charge in [-0.25, -0.2) is 4.79 Å². The molecule has 0 radical (unpaired) electrons. The van der Waals surface area contributed by atoms with E-state index in [0.29, 0.717) is 12.8 Å². The van der Waals surface area contributed by atoms with E-state index in [1.54, 1.807) is 6.08 Å². The fourth-order valence-electron chi connectivity index (χ4n) is 1.15. The second-order valence-corrected chi connectivity index (χ2v) is 2.80. The summed E-state index contributed by atoms with van der Waals surface area (Å²) in [6.45, 7) is 3.50. The zero-order valence-corrected chi connectivity index (χ0v) is 6.66. The predicted molar refractivity (Wildman–Crippen MR) is 42.0 cm³/mol. The fourth-order valence-corrected chi connectivity index (χ4v) is 1.15. The lowest BCUT2D eigenvalue weighted by atomic mass is 9.95. The lowest BCUT2D eigenvalue weighted by molar-refractivity contribution is -0.168. The molecule has 66 valence electrons. The van der Waals surface area contributed by atoms with Crippen molar-refractivity contribution in [3.8, 4) is 0 Å². The molecule has 4 nitrogen and oxygen atoms in total. The molecular weight excluding hydrogens is 158 g/mol. The lowest BCUT2D eigenvalue weighted by Gasteiger charge is -2.22. The van der Waals surface area contributed by atoms with Crippen molar-refractivity contribution in [2.24, 2.45) is 11.7 Å². The molecule has 0 bridgehead atoms. The summed E-state index contributed by atoms with van der Waals surface area (Å²) in [4.78, 5) is 21.8. The summed E-state index contributed by atoms with van der Waals surface area (Å²) in [5.41, 5.74) is 5.40. The highest BCUT2D eigenvalue weighted by Crippen LogP contribution is 2.18. The molecule has 0 aromatic carbocycles. The first kappa shape index (κ1) is 8.93. The van der Waals surface area contributed by atoms with Gasteiger partial charge in [-0.1, -0.05) is 6.08 Å². The maximum Gasteiger partial charge on any atom is 0.330 e. The lowest BCUT2D eigenvalue weighted by Crippen LogP contribution is -2.43. The Morgan fingerprint density at radius 2 is 2.25 bits per heavy atom. The minimum Gasteiger partial charge on any atom is -0.392 e. The molecule has 0 aliphatic carbocycles. The number of carbonyl (C=O) groups excluding carboxylic acids is 2. The predicted octanol–water partition coefficient (Wildman–Crippen LogP) is -0.0205. The van der Waals surface area contributed by atoms with Crippen LogP contribution in [0.4, 0.5) is 0 Å². The first-order valence-electron chi connectivity index (χ1n) is 3.77. The quantitative estimate of drug-likeness (QED) is 0.358. The number of hydrogen-bond donors (Lipinski definition) is 1. The van der Waals surface area contributed by atoms with E-state index in [2.05, 4.69) is 11.3 Å². The van der Waals surface area contributed by atoms with E-state index in [4.69, 9.17) is 5.73 Å². The van der Waals surface area contributed by atoms with Crippen molar-refractivity contribution in [2.75, 3.05) is 0 Å². The molecule has 1 unspecified atom stereocenters. The number of allylic oxidation sites excluding steroid dienone is 1. The van der Waals surface area contributed by atoms with Gasteiger partial charge in [-0.15, -0.1) is 6.58 Å². The molecule has 1 aliphatic heterocycles. The van der Waals surface area contributed by atoms with Crippen LogP contribution < -0.4 is 5.73 Å². The van der Waals surface area contributed by atoms with Gasteiger partial charge in [0.25, 0.3) is 0 Å². The standard InChI is InChI=1S/C8H11NO3/c1-2-3-5-4-6(9)8(11)12-7(5)10/h2,5-6H,1,3-4,9H2/t5?,6-/m0/s1. The molecule has 1 heterocycles. The van der Waals surface area contributed by atoms with E-state index in [-0.39, 0.29) is 5.92 Å². The SMILES string of the molecule is C=CCC1C[C@H](N)C(=O)OC1=O. The van der Waals surface area contributed by atoms with Crippen LogP contribution in [0.1, 0.15) is 12.8 Å². The van der Waals surface area contributed by atoms with Crippen LogP contribution in [0, 0.1) is 5.92 Å². The van der Waals surface area contributed by atoms with Gasteiger partial charge in [0.1, 0.15) is 6.04 Å². The van der Waals surface area contributed by atoms with Gasteiger partial charge in [-0.2, -0.15) is 0 Å². The number of nitrogens with two attached hydrogens (primary N) is 1. The minimum atomic E-state index is -0.660. The maximum absolute atomic E-state index is 11.0. The molecule has 0 amide bonds. The third kappa shape index (κ3) is 1.71. The average Bonchev–Trinajstić information content (AvgIpc) is 2.01. The number of rotatable bonds is 2. The summed E-state index contributed by atoms with van der Waals surface area (Å²) in [6, 6.07) is -0.660. The van der Waals surface area contributed by atoms with E-state index in [1.165, 1.54) is 0 Å². The summed E-state index contributed by atoms with van der Waals surface area (Å²) in [7, 11) is 0. The van der Waals surface area contributed by atoms with E-state index in [1.807, 2.05) is 0 Å². The molecule has 0 spiro atoms. The van der Waals surface area contributed by atoms with Crippen molar-refractivity contribution in [1.82, 2.24) is 0 Å². The van der Waals surface area contributed by atoms with Gasteiger partial charge < -0.3 is 10.5 Å². The van der Waals surface area contributed by atoms with E-state index in [0.717, 1.165) is 0 Å². The van der Waals surface area contributed by atoms with Gasteiger partial charge in [0.05, 0.1) is 5.92 Å². The zero-order chi connectivity index (χ0) is 9.14. The molecule has 2 atom stereocenters. The number of cyclic esters (lactones) is 2. The second-order valence-electron chi connectivity index (χ2n) is 2.80. The average molecular weight is 169 g/mol. The zero-order valence-electron chi connectivity index (χ0n) is 6.66. The highest BCUT2D eigenvalue weighted by atomic mass is 16.6. The van der Waals surface area contributed by atoms with E-state index < -0.39 is 18.0 Å². The molecule has 0 aromatic rings. The van der Waals surface area contributed by atoms with Crippen molar-refractivity contribution in [1.29, 1.82) is 0 Å². The van der Waals surface area contributed by atoms with Crippen LogP contribution in [0.3, 0.4) is 0 Å². The fraction of sp³-hybridized carbons (Fsp3) is 0.500. The van der Waals surface area contributed by atoms with Gasteiger partial charge in [0.15, 0.2) is 0 Å². The topological polar surface area (TPSA) is 69.4 Å². The van der Waals surface area contributed by atoms with Gasteiger partial charge in [-0.3, -0.25) is 4.79 Å². The van der Waals surface area contributed by atoms with Crippen LogP contribution in [0.5, 0.6) is 0 Å². The van der Waals surface area contributed by atoms with Gasteiger partial charge in [0, 0.05) is 0 Å². The van der Waals surface area contributed by atoms with Crippen molar-refractivity contribution >= 4 is 11.9 Å². The monoisotopic (exact) mass is 169 g/mol. The molecule has 12 heavy (non-hydrogen) atoms. The third-order valence-corrected chi connectivity index (χ3v) is 1.83. The molecule has 1 aliphatic rings. The Morgan fingerprint density at radius 1 is 1.58 bits per heavy atom. The number of carbonyl (C=O) groups is 2. The van der Waals surface area contributed by atoms with Crippen LogP contribution in [0.25, 0.3) is 0 Å². The first-order valence-corrected chi connectivity index (χ1v) is 3.77. The Bertz CT molecular complexity index is 224. The van der Waals surface area contributed by atoms with Crippen LogP contribution in [-0.2, 0) is 14.3 Å². The number of hydrogen-bond acceptors (Lipinski definition) is 4. The van der Waals surface area contributed by atoms with Crippen LogP contribution >= 0.6 is 0 Å².